The van der Waals surface area contributed by atoms with E-state index in [0.717, 1.165) is 22.6 Å². The molecule has 0 spiro atoms. The molecule has 6 rings (SSSR count). The molecule has 4 saturated carbocycles. The second-order valence-electron chi connectivity index (χ2n) is 12.3. The minimum Gasteiger partial charge on any atom is -0.206 e. The van der Waals surface area contributed by atoms with Crippen LogP contribution in [0.15, 0.2) is 48.5 Å². The molecule has 4 aliphatic carbocycles. The van der Waals surface area contributed by atoms with Gasteiger partial charge < -0.3 is 0 Å². The molecule has 0 nitrogen and oxygen atoms in total. The van der Waals surface area contributed by atoms with Gasteiger partial charge in [0.1, 0.15) is 0 Å². The van der Waals surface area contributed by atoms with E-state index in [4.69, 9.17) is 0 Å². The molecule has 4 fully saturated rings. The predicted molar refractivity (Wildman–Crippen MR) is 165 cm³/mol. The first-order valence-corrected chi connectivity index (χ1v) is 18.9. The average molecular weight is 579 g/mol. The summed E-state index contributed by atoms with van der Waals surface area (Å²) in [5.41, 5.74) is 4.22. The molecule has 0 radical (unpaired) electrons. The average Bonchev–Trinajstić information content (AvgIpc) is 3.68. The van der Waals surface area contributed by atoms with Crippen molar-refractivity contribution in [1.82, 2.24) is 0 Å². The Morgan fingerprint density at radius 1 is 0.432 bits per heavy atom. The molecular weight excluding hydrogens is 526 g/mol. The van der Waals surface area contributed by atoms with Crippen molar-refractivity contribution >= 4 is 26.5 Å². The monoisotopic (exact) mass is 578 g/mol. The van der Waals surface area contributed by atoms with Crippen LogP contribution in [0, 0.1) is 0 Å². The second kappa shape index (κ2) is 16.4. The molecule has 2 aromatic carbocycles. The fourth-order valence-electron chi connectivity index (χ4n) is 7.95. The minimum absolute atomic E-state index is 0. The summed E-state index contributed by atoms with van der Waals surface area (Å²) in [6.07, 6.45) is 30.1. The molecule has 0 unspecified atom stereocenters. The summed E-state index contributed by atoms with van der Waals surface area (Å²) < 4.78 is 0. The Morgan fingerprint density at radius 2 is 0.703 bits per heavy atom. The third kappa shape index (κ3) is 8.53. The summed E-state index contributed by atoms with van der Waals surface area (Å²) in [6.45, 7) is 0. The maximum Gasteiger partial charge on any atom is 2.00 e. The Morgan fingerprint density at radius 3 is 0.919 bits per heavy atom. The van der Waals surface area contributed by atoms with E-state index >= 15 is 0 Å². The van der Waals surface area contributed by atoms with Crippen molar-refractivity contribution in [2.24, 2.45) is 0 Å². The molecule has 206 valence electrons. The van der Waals surface area contributed by atoms with E-state index in [-0.39, 0.29) is 32.9 Å². The Labute approximate surface area is 242 Å². The first-order chi connectivity index (χ1) is 17.9. The van der Waals surface area contributed by atoms with Crippen LogP contribution in [0.5, 0.6) is 0 Å². The van der Waals surface area contributed by atoms with Gasteiger partial charge in [0.15, 0.2) is 0 Å². The Bertz CT molecular complexity index is 698. The van der Waals surface area contributed by atoms with E-state index in [9.17, 15) is 0 Å². The van der Waals surface area contributed by atoms with Crippen LogP contribution in [0.4, 0.5) is 0 Å². The molecule has 0 saturated heterocycles. The largest absolute Gasteiger partial charge is 2.00 e. The zero-order valence-corrected chi connectivity index (χ0v) is 26.2. The summed E-state index contributed by atoms with van der Waals surface area (Å²) in [5, 5.41) is 3.45. The Balaban J connectivity index is 0.000000168. The van der Waals surface area contributed by atoms with Crippen LogP contribution < -0.4 is 10.6 Å². The van der Waals surface area contributed by atoms with Gasteiger partial charge in [0, 0.05) is 0 Å². The molecule has 4 aliphatic rings. The van der Waals surface area contributed by atoms with E-state index in [1.54, 1.807) is 10.6 Å². The molecule has 0 bridgehead atoms. The van der Waals surface area contributed by atoms with Crippen molar-refractivity contribution in [2.45, 2.75) is 151 Å². The maximum atomic E-state index is 2.43. The van der Waals surface area contributed by atoms with Crippen molar-refractivity contribution < 1.29 is 17.1 Å². The van der Waals surface area contributed by atoms with Gasteiger partial charge in [-0.05, 0) is 74.0 Å². The number of hydrogen-bond acceptors (Lipinski definition) is 0. The summed E-state index contributed by atoms with van der Waals surface area (Å²) in [6, 6.07) is 18.7. The quantitative estimate of drug-likeness (QED) is 0.182. The van der Waals surface area contributed by atoms with Gasteiger partial charge in [-0.3, -0.25) is 0 Å². The standard InChI is InChI=1S/2C17H26P.Fe/c2*1-3-9-15(10-4-1)18(17-13-7-8-14-17)16-11-5-2-6-12-16;/h2*7-8,13-16H,1-6,9-12H2;/q2*-1;+2. The first kappa shape index (κ1) is 30.0. The SMILES string of the molecule is [Fe+2].c1cc(P(C2CCCCC2)C2CCCCC2)c[cH-]1.c1cc(P(C2CCCCC2)C2CCCCC2)c[cH-]1. The van der Waals surface area contributed by atoms with Gasteiger partial charge >= 0.3 is 17.1 Å². The molecule has 0 aromatic heterocycles. The molecule has 0 N–H and O–H groups in total. The van der Waals surface area contributed by atoms with Crippen molar-refractivity contribution in [3.63, 3.8) is 0 Å². The van der Waals surface area contributed by atoms with Crippen molar-refractivity contribution in [2.75, 3.05) is 0 Å². The third-order valence-corrected chi connectivity index (χ3v) is 16.8. The van der Waals surface area contributed by atoms with Gasteiger partial charge in [-0.1, -0.05) is 77.0 Å². The Hall–Kier alpha value is 0.0795. The van der Waals surface area contributed by atoms with Crippen molar-refractivity contribution in [3.8, 4) is 0 Å². The van der Waals surface area contributed by atoms with Crippen molar-refractivity contribution in [3.05, 3.63) is 48.5 Å². The van der Waals surface area contributed by atoms with Crippen molar-refractivity contribution in [1.29, 1.82) is 0 Å². The van der Waals surface area contributed by atoms with E-state index in [1.165, 1.54) is 128 Å². The summed E-state index contributed by atoms with van der Waals surface area (Å²) in [4.78, 5) is 0. The molecule has 0 amide bonds. The second-order valence-corrected chi connectivity index (χ2v) is 17.9. The van der Waals surface area contributed by atoms with Crippen LogP contribution in [0.2, 0.25) is 0 Å². The van der Waals surface area contributed by atoms with Crippen LogP contribution >= 0.6 is 15.8 Å². The van der Waals surface area contributed by atoms with E-state index < -0.39 is 0 Å². The zero-order chi connectivity index (χ0) is 24.4. The minimum atomic E-state index is 0. The first-order valence-electron chi connectivity index (χ1n) is 15.9. The topological polar surface area (TPSA) is 0 Å². The molecule has 0 heterocycles. The van der Waals surface area contributed by atoms with Crippen LogP contribution in [0.3, 0.4) is 0 Å². The smallest absolute Gasteiger partial charge is 0.206 e. The van der Waals surface area contributed by atoms with Gasteiger partial charge in [-0.15, -0.1) is 15.8 Å². The molecule has 0 atom stereocenters. The van der Waals surface area contributed by atoms with Gasteiger partial charge in [-0.25, -0.2) is 12.1 Å². The fourth-order valence-corrected chi connectivity index (χ4v) is 15.5. The fraction of sp³-hybridized carbons (Fsp3) is 0.706. The molecule has 2 aromatic rings. The number of rotatable bonds is 6. The normalized spacial score (nSPS) is 23.0. The van der Waals surface area contributed by atoms with Crippen LogP contribution in [-0.2, 0) is 17.1 Å². The Kier molecular flexibility index (Phi) is 13.3. The third-order valence-electron chi connectivity index (χ3n) is 9.76. The van der Waals surface area contributed by atoms with Gasteiger partial charge in [0.05, 0.1) is 0 Å². The molecule has 0 aliphatic heterocycles. The summed E-state index contributed by atoms with van der Waals surface area (Å²) in [5.74, 6) is 0. The van der Waals surface area contributed by atoms with Gasteiger partial charge in [0.2, 0.25) is 0 Å². The van der Waals surface area contributed by atoms with Gasteiger partial charge in [0.25, 0.3) is 0 Å². The zero-order valence-electron chi connectivity index (χ0n) is 23.3. The molecule has 37 heavy (non-hydrogen) atoms. The van der Waals surface area contributed by atoms with E-state index in [2.05, 4.69) is 48.5 Å². The predicted octanol–water partition coefficient (Wildman–Crippen LogP) is 10.4. The summed E-state index contributed by atoms with van der Waals surface area (Å²) >= 11 is 0. The van der Waals surface area contributed by atoms with Crippen LogP contribution in [0.1, 0.15) is 128 Å². The number of hydrogen-bond donors (Lipinski definition) is 0. The van der Waals surface area contributed by atoms with E-state index in [0.29, 0.717) is 0 Å². The van der Waals surface area contributed by atoms with Gasteiger partial charge in [-0.2, -0.15) is 47.0 Å². The summed E-state index contributed by atoms with van der Waals surface area (Å²) in [7, 11) is 0.290. The molecular formula is C34H52FeP2. The maximum absolute atomic E-state index is 2.43. The van der Waals surface area contributed by atoms with Crippen LogP contribution in [0.25, 0.3) is 0 Å². The molecule has 3 heteroatoms. The van der Waals surface area contributed by atoms with E-state index in [1.807, 2.05) is 0 Å². The van der Waals surface area contributed by atoms with Crippen LogP contribution in [-0.4, -0.2) is 22.6 Å².